The first-order valence-electron chi connectivity index (χ1n) is 8.03. The lowest BCUT2D eigenvalue weighted by atomic mass is 10.0. The van der Waals surface area contributed by atoms with Gasteiger partial charge < -0.3 is 9.84 Å². The highest BCUT2D eigenvalue weighted by Crippen LogP contribution is 2.23. The fraction of sp³-hybridized carbons (Fsp3) is 0.211. The number of carbonyl (C=O) groups excluding carboxylic acids is 1. The number of amides is 1. The third kappa shape index (κ3) is 3.74. The van der Waals surface area contributed by atoms with E-state index in [0.29, 0.717) is 11.5 Å². The van der Waals surface area contributed by atoms with Crippen LogP contribution in [-0.2, 0) is 6.42 Å². The molecule has 0 aliphatic carbocycles. The Hall–Kier alpha value is -3.02. The molecule has 2 aromatic carbocycles. The minimum atomic E-state index is -0.836. The van der Waals surface area contributed by atoms with E-state index in [0.717, 1.165) is 12.0 Å². The van der Waals surface area contributed by atoms with Crippen LogP contribution < -0.4 is 5.32 Å². The van der Waals surface area contributed by atoms with Gasteiger partial charge in [0.1, 0.15) is 11.9 Å². The quantitative estimate of drug-likeness (QED) is 0.771. The standard InChI is InChI=1S/C19H18FN3O2/c1-3-13-8-10-14(11-9-13)19(24)22-17(18-21-12(2)25-23-18)15-6-4-5-7-16(15)20/h4-11,17H,3H2,1-2H3,(H,22,24). The molecular formula is C19H18FN3O2. The summed E-state index contributed by atoms with van der Waals surface area (Å²) in [5.41, 5.74) is 1.90. The summed E-state index contributed by atoms with van der Waals surface area (Å²) in [6.07, 6.45) is 0.891. The maximum absolute atomic E-state index is 14.2. The molecule has 0 saturated heterocycles. The van der Waals surface area contributed by atoms with Crippen molar-refractivity contribution in [2.75, 3.05) is 0 Å². The average molecular weight is 339 g/mol. The second-order valence-electron chi connectivity index (χ2n) is 5.65. The topological polar surface area (TPSA) is 68.0 Å². The average Bonchev–Trinajstić information content (AvgIpc) is 3.06. The van der Waals surface area contributed by atoms with E-state index in [1.165, 1.54) is 6.07 Å². The Morgan fingerprint density at radius 1 is 1.20 bits per heavy atom. The van der Waals surface area contributed by atoms with Gasteiger partial charge in [-0.15, -0.1) is 0 Å². The van der Waals surface area contributed by atoms with Crippen molar-refractivity contribution in [2.24, 2.45) is 0 Å². The third-order valence-corrected chi connectivity index (χ3v) is 3.92. The summed E-state index contributed by atoms with van der Waals surface area (Å²) in [5.74, 6) is -0.228. The number of aromatic nitrogens is 2. The zero-order valence-electron chi connectivity index (χ0n) is 14.0. The Labute approximate surface area is 144 Å². The molecule has 128 valence electrons. The van der Waals surface area contributed by atoms with Crippen LogP contribution in [0.25, 0.3) is 0 Å². The highest BCUT2D eigenvalue weighted by Gasteiger charge is 2.25. The molecule has 0 radical (unpaired) electrons. The van der Waals surface area contributed by atoms with Gasteiger partial charge in [0.15, 0.2) is 5.82 Å². The van der Waals surface area contributed by atoms with Crippen molar-refractivity contribution in [3.63, 3.8) is 0 Å². The van der Waals surface area contributed by atoms with Crippen LogP contribution in [0.3, 0.4) is 0 Å². The SMILES string of the molecule is CCc1ccc(C(=O)NC(c2noc(C)n2)c2ccccc2F)cc1. The normalized spacial score (nSPS) is 12.0. The first-order chi connectivity index (χ1) is 12.1. The lowest BCUT2D eigenvalue weighted by Gasteiger charge is -2.16. The molecule has 25 heavy (non-hydrogen) atoms. The summed E-state index contributed by atoms with van der Waals surface area (Å²) in [6, 6.07) is 12.6. The van der Waals surface area contributed by atoms with Crippen LogP contribution in [0.4, 0.5) is 4.39 Å². The molecule has 0 spiro atoms. The van der Waals surface area contributed by atoms with Crippen LogP contribution in [-0.4, -0.2) is 16.0 Å². The van der Waals surface area contributed by atoms with E-state index in [-0.39, 0.29) is 17.3 Å². The van der Waals surface area contributed by atoms with Gasteiger partial charge in [0.25, 0.3) is 5.91 Å². The monoisotopic (exact) mass is 339 g/mol. The molecule has 0 bridgehead atoms. The number of hydrogen-bond acceptors (Lipinski definition) is 4. The van der Waals surface area contributed by atoms with Crippen molar-refractivity contribution in [1.82, 2.24) is 15.5 Å². The third-order valence-electron chi connectivity index (χ3n) is 3.92. The highest BCUT2D eigenvalue weighted by atomic mass is 19.1. The number of halogens is 1. The van der Waals surface area contributed by atoms with Gasteiger partial charge in [0, 0.05) is 18.1 Å². The number of benzene rings is 2. The van der Waals surface area contributed by atoms with Crippen molar-refractivity contribution in [3.05, 3.63) is 82.8 Å². The Balaban J connectivity index is 1.92. The molecule has 1 aromatic heterocycles. The lowest BCUT2D eigenvalue weighted by Crippen LogP contribution is -2.30. The van der Waals surface area contributed by atoms with Gasteiger partial charge in [0.2, 0.25) is 5.89 Å². The molecule has 1 heterocycles. The van der Waals surface area contributed by atoms with E-state index >= 15 is 0 Å². The van der Waals surface area contributed by atoms with Crippen LogP contribution in [0.15, 0.2) is 53.1 Å². The maximum Gasteiger partial charge on any atom is 0.252 e. The fourth-order valence-corrected chi connectivity index (χ4v) is 2.53. The number of hydrogen-bond donors (Lipinski definition) is 1. The Bertz CT molecular complexity index is 874. The molecule has 0 aliphatic heterocycles. The highest BCUT2D eigenvalue weighted by molar-refractivity contribution is 5.94. The van der Waals surface area contributed by atoms with Crippen molar-refractivity contribution < 1.29 is 13.7 Å². The van der Waals surface area contributed by atoms with Crippen LogP contribution >= 0.6 is 0 Å². The van der Waals surface area contributed by atoms with Crippen molar-refractivity contribution in [2.45, 2.75) is 26.3 Å². The summed E-state index contributed by atoms with van der Waals surface area (Å²) >= 11 is 0. The van der Waals surface area contributed by atoms with E-state index < -0.39 is 11.9 Å². The van der Waals surface area contributed by atoms with Gasteiger partial charge in [-0.1, -0.05) is 42.4 Å². The molecule has 3 aromatic rings. The number of aryl methyl sites for hydroxylation is 2. The first-order valence-corrected chi connectivity index (χ1v) is 8.03. The summed E-state index contributed by atoms with van der Waals surface area (Å²) in [7, 11) is 0. The van der Waals surface area contributed by atoms with E-state index in [1.807, 2.05) is 19.1 Å². The molecule has 0 saturated carbocycles. The smallest absolute Gasteiger partial charge is 0.252 e. The zero-order chi connectivity index (χ0) is 17.8. The molecule has 3 rings (SSSR count). The van der Waals surface area contributed by atoms with E-state index in [4.69, 9.17) is 4.52 Å². The van der Waals surface area contributed by atoms with Crippen LogP contribution in [0.1, 0.15) is 46.2 Å². The second kappa shape index (κ2) is 7.25. The predicted octanol–water partition coefficient (Wildman–Crippen LogP) is 3.60. The van der Waals surface area contributed by atoms with Gasteiger partial charge in [-0.05, 0) is 30.2 Å². The summed E-state index contributed by atoms with van der Waals surface area (Å²) in [5, 5.41) is 6.63. The number of rotatable bonds is 5. The molecule has 1 N–H and O–H groups in total. The van der Waals surface area contributed by atoms with Gasteiger partial charge in [-0.2, -0.15) is 4.98 Å². The van der Waals surface area contributed by atoms with Crippen LogP contribution in [0, 0.1) is 12.7 Å². The first kappa shape index (κ1) is 16.8. The van der Waals surface area contributed by atoms with E-state index in [2.05, 4.69) is 15.5 Å². The summed E-state index contributed by atoms with van der Waals surface area (Å²) in [4.78, 5) is 16.7. The second-order valence-corrected chi connectivity index (χ2v) is 5.65. The fourth-order valence-electron chi connectivity index (χ4n) is 2.53. The minimum absolute atomic E-state index is 0.209. The predicted molar refractivity (Wildman–Crippen MR) is 90.6 cm³/mol. The Morgan fingerprint density at radius 3 is 2.52 bits per heavy atom. The molecule has 0 aliphatic rings. The van der Waals surface area contributed by atoms with E-state index in [1.54, 1.807) is 37.3 Å². The molecule has 0 fully saturated rings. The molecule has 1 atom stereocenters. The minimum Gasteiger partial charge on any atom is -0.340 e. The lowest BCUT2D eigenvalue weighted by molar-refractivity contribution is 0.0940. The number of carbonyl (C=O) groups is 1. The van der Waals surface area contributed by atoms with Crippen molar-refractivity contribution in [1.29, 1.82) is 0 Å². The largest absolute Gasteiger partial charge is 0.340 e. The van der Waals surface area contributed by atoms with Crippen molar-refractivity contribution >= 4 is 5.91 Å². The Morgan fingerprint density at radius 2 is 1.92 bits per heavy atom. The van der Waals surface area contributed by atoms with Gasteiger partial charge in [0.05, 0.1) is 0 Å². The van der Waals surface area contributed by atoms with Crippen LogP contribution in [0.5, 0.6) is 0 Å². The molecule has 5 nitrogen and oxygen atoms in total. The summed E-state index contributed by atoms with van der Waals surface area (Å²) in [6.45, 7) is 3.68. The number of nitrogens with one attached hydrogen (secondary N) is 1. The maximum atomic E-state index is 14.2. The van der Waals surface area contributed by atoms with Crippen LogP contribution in [0.2, 0.25) is 0 Å². The molecule has 1 amide bonds. The number of nitrogens with zero attached hydrogens (tertiary/aromatic N) is 2. The molecule has 6 heteroatoms. The van der Waals surface area contributed by atoms with E-state index in [9.17, 15) is 9.18 Å². The zero-order valence-corrected chi connectivity index (χ0v) is 14.0. The van der Waals surface area contributed by atoms with Gasteiger partial charge >= 0.3 is 0 Å². The van der Waals surface area contributed by atoms with Crippen molar-refractivity contribution in [3.8, 4) is 0 Å². The summed E-state index contributed by atoms with van der Waals surface area (Å²) < 4.78 is 19.2. The van der Waals surface area contributed by atoms with Gasteiger partial charge in [-0.25, -0.2) is 4.39 Å². The molecular weight excluding hydrogens is 321 g/mol. The Kier molecular flexibility index (Phi) is 4.88. The van der Waals surface area contributed by atoms with Gasteiger partial charge in [-0.3, -0.25) is 4.79 Å². The molecule has 1 unspecified atom stereocenters.